The molecule has 0 saturated carbocycles. The van der Waals surface area contributed by atoms with Gasteiger partial charge in [-0.2, -0.15) is 0 Å². The molecule has 35 heavy (non-hydrogen) atoms. The summed E-state index contributed by atoms with van der Waals surface area (Å²) >= 11 is 6.76. The molecule has 0 spiro atoms. The Balaban J connectivity index is 1.52. The number of amides is 2. The predicted octanol–water partition coefficient (Wildman–Crippen LogP) is 6.47. The molecule has 3 aromatic rings. The molecule has 8 nitrogen and oxygen atoms in total. The van der Waals surface area contributed by atoms with Crippen LogP contribution in [0.5, 0.6) is 11.5 Å². The summed E-state index contributed by atoms with van der Waals surface area (Å²) in [5.41, 5.74) is 1.88. The number of carbonyl (C=O) groups is 2. The number of thioether (sulfide) groups is 1. The molecule has 0 aliphatic carbocycles. The summed E-state index contributed by atoms with van der Waals surface area (Å²) in [6, 6.07) is 17.8. The number of imide groups is 1. The molecule has 10 heteroatoms. The Labute approximate surface area is 210 Å². The van der Waals surface area contributed by atoms with E-state index in [2.05, 4.69) is 0 Å². The highest BCUT2D eigenvalue weighted by molar-refractivity contribution is 8.19. The van der Waals surface area contributed by atoms with E-state index in [1.54, 1.807) is 60.7 Å². The zero-order valence-electron chi connectivity index (χ0n) is 18.5. The van der Waals surface area contributed by atoms with Crippen molar-refractivity contribution in [3.8, 4) is 11.5 Å². The van der Waals surface area contributed by atoms with Crippen molar-refractivity contribution in [2.75, 3.05) is 11.5 Å². The molecule has 1 saturated heterocycles. The molecule has 1 heterocycles. The second kappa shape index (κ2) is 10.6. The normalized spacial score (nSPS) is 14.5. The van der Waals surface area contributed by atoms with Gasteiger partial charge < -0.3 is 9.47 Å². The summed E-state index contributed by atoms with van der Waals surface area (Å²) < 4.78 is 11.6. The molecule has 0 N–H and O–H groups in total. The summed E-state index contributed by atoms with van der Waals surface area (Å²) in [6.45, 7) is 2.42. The lowest BCUT2D eigenvalue weighted by Gasteiger charge is -2.13. The maximum absolute atomic E-state index is 12.9. The minimum absolute atomic E-state index is 0.00795. The van der Waals surface area contributed by atoms with Crippen molar-refractivity contribution < 1.29 is 24.0 Å². The summed E-state index contributed by atoms with van der Waals surface area (Å²) in [5, 5.41) is 10.9. The van der Waals surface area contributed by atoms with Gasteiger partial charge in [-0.3, -0.25) is 19.7 Å². The van der Waals surface area contributed by atoms with Crippen molar-refractivity contribution in [2.24, 2.45) is 0 Å². The van der Waals surface area contributed by atoms with Crippen molar-refractivity contribution in [3.63, 3.8) is 0 Å². The third kappa shape index (κ3) is 5.64. The van der Waals surface area contributed by atoms with Crippen LogP contribution in [0.25, 0.3) is 6.08 Å². The van der Waals surface area contributed by atoms with E-state index in [-0.39, 0.29) is 17.2 Å². The van der Waals surface area contributed by atoms with Gasteiger partial charge in [-0.15, -0.1) is 0 Å². The highest BCUT2D eigenvalue weighted by Gasteiger charge is 2.36. The number of carbonyl (C=O) groups excluding carboxylic acids is 2. The van der Waals surface area contributed by atoms with Crippen molar-refractivity contribution in [3.05, 3.63) is 97.9 Å². The number of hydrogen-bond donors (Lipinski definition) is 0. The number of hydrogen-bond acceptors (Lipinski definition) is 7. The first kappa shape index (κ1) is 24.3. The van der Waals surface area contributed by atoms with E-state index in [1.165, 1.54) is 12.1 Å². The highest BCUT2D eigenvalue weighted by atomic mass is 35.5. The van der Waals surface area contributed by atoms with Crippen LogP contribution in [-0.4, -0.2) is 22.7 Å². The number of nitro benzene ring substituents is 1. The first-order valence-electron chi connectivity index (χ1n) is 10.5. The Bertz CT molecular complexity index is 1310. The second-order valence-electron chi connectivity index (χ2n) is 7.34. The number of rotatable bonds is 8. The minimum Gasteiger partial charge on any atom is -0.490 e. The van der Waals surface area contributed by atoms with E-state index in [0.29, 0.717) is 34.4 Å². The van der Waals surface area contributed by atoms with E-state index in [0.717, 1.165) is 22.2 Å². The fraction of sp³-hybridized carbons (Fsp3) is 0.120. The highest BCUT2D eigenvalue weighted by Crippen LogP contribution is 2.37. The van der Waals surface area contributed by atoms with Crippen LogP contribution in [0.4, 0.5) is 16.2 Å². The number of ether oxygens (including phenoxy) is 2. The Morgan fingerprint density at radius 2 is 1.71 bits per heavy atom. The van der Waals surface area contributed by atoms with E-state index < -0.39 is 16.1 Å². The molecule has 2 amide bonds. The fourth-order valence-corrected chi connectivity index (χ4v) is 4.28. The SMILES string of the molecule is CCOc1cc(/C=C2/SC(=O)N(c3ccc(Cl)cc3)C2=O)ccc1OCc1ccc([N+](=O)[O-])cc1. The maximum atomic E-state index is 12.9. The number of non-ortho nitro benzene ring substituents is 1. The van der Waals surface area contributed by atoms with Gasteiger partial charge in [0, 0.05) is 17.2 Å². The van der Waals surface area contributed by atoms with Crippen LogP contribution < -0.4 is 14.4 Å². The lowest BCUT2D eigenvalue weighted by Crippen LogP contribution is -2.27. The van der Waals surface area contributed by atoms with Crippen LogP contribution in [0.2, 0.25) is 5.02 Å². The standard InChI is InChI=1S/C25H19ClN2O6S/c1-2-33-22-13-17(5-12-21(22)34-15-16-3-8-20(9-4-16)28(31)32)14-23-24(29)27(25(30)35-23)19-10-6-18(26)7-11-19/h3-14H,2,15H2,1H3/b23-14+. The Kier molecular flexibility index (Phi) is 7.38. The van der Waals surface area contributed by atoms with E-state index >= 15 is 0 Å². The van der Waals surface area contributed by atoms with Gasteiger partial charge in [0.15, 0.2) is 11.5 Å². The number of nitrogens with zero attached hydrogens (tertiary/aromatic N) is 2. The van der Waals surface area contributed by atoms with Crippen LogP contribution in [0.3, 0.4) is 0 Å². The smallest absolute Gasteiger partial charge is 0.298 e. The molecule has 1 aliphatic heterocycles. The van der Waals surface area contributed by atoms with Crippen LogP contribution >= 0.6 is 23.4 Å². The average molecular weight is 511 g/mol. The topological polar surface area (TPSA) is 99.0 Å². The number of nitro groups is 1. The third-order valence-electron chi connectivity index (χ3n) is 4.99. The monoisotopic (exact) mass is 510 g/mol. The van der Waals surface area contributed by atoms with Crippen LogP contribution in [0.1, 0.15) is 18.1 Å². The maximum Gasteiger partial charge on any atom is 0.298 e. The fourth-order valence-electron chi connectivity index (χ4n) is 3.31. The van der Waals surface area contributed by atoms with Crippen molar-refractivity contribution in [1.29, 1.82) is 0 Å². The van der Waals surface area contributed by atoms with E-state index in [9.17, 15) is 19.7 Å². The van der Waals surface area contributed by atoms with Crippen LogP contribution in [0.15, 0.2) is 71.6 Å². The first-order chi connectivity index (χ1) is 16.9. The number of halogens is 1. The lowest BCUT2D eigenvalue weighted by atomic mass is 10.1. The number of benzene rings is 3. The Morgan fingerprint density at radius 3 is 2.37 bits per heavy atom. The summed E-state index contributed by atoms with van der Waals surface area (Å²) in [7, 11) is 0. The molecule has 4 rings (SSSR count). The molecular weight excluding hydrogens is 492 g/mol. The summed E-state index contributed by atoms with van der Waals surface area (Å²) in [4.78, 5) is 37.1. The van der Waals surface area contributed by atoms with Crippen molar-refractivity contribution in [1.82, 2.24) is 0 Å². The van der Waals surface area contributed by atoms with Crippen LogP contribution in [0, 0.1) is 10.1 Å². The van der Waals surface area contributed by atoms with Gasteiger partial charge in [0.25, 0.3) is 16.8 Å². The molecule has 3 aromatic carbocycles. The second-order valence-corrected chi connectivity index (χ2v) is 8.77. The summed E-state index contributed by atoms with van der Waals surface area (Å²) in [5.74, 6) is 0.537. The van der Waals surface area contributed by atoms with Gasteiger partial charge in [0.2, 0.25) is 0 Å². The van der Waals surface area contributed by atoms with Crippen LogP contribution in [-0.2, 0) is 11.4 Å². The summed E-state index contributed by atoms with van der Waals surface area (Å²) in [6.07, 6.45) is 1.63. The van der Waals surface area contributed by atoms with Gasteiger partial charge in [-0.05, 0) is 84.4 Å². The minimum atomic E-state index is -0.458. The van der Waals surface area contributed by atoms with Crippen molar-refractivity contribution in [2.45, 2.75) is 13.5 Å². The van der Waals surface area contributed by atoms with Gasteiger partial charge in [0.05, 0.1) is 22.1 Å². The Morgan fingerprint density at radius 1 is 1.00 bits per heavy atom. The third-order valence-corrected chi connectivity index (χ3v) is 6.11. The number of anilines is 1. The van der Waals surface area contributed by atoms with E-state index in [4.69, 9.17) is 21.1 Å². The first-order valence-corrected chi connectivity index (χ1v) is 11.7. The zero-order chi connectivity index (χ0) is 24.9. The van der Waals surface area contributed by atoms with Gasteiger partial charge in [-0.1, -0.05) is 17.7 Å². The molecule has 178 valence electrons. The zero-order valence-corrected chi connectivity index (χ0v) is 20.0. The molecule has 0 aromatic heterocycles. The largest absolute Gasteiger partial charge is 0.490 e. The predicted molar refractivity (Wildman–Crippen MR) is 135 cm³/mol. The molecule has 0 bridgehead atoms. The van der Waals surface area contributed by atoms with E-state index in [1.807, 2.05) is 6.92 Å². The van der Waals surface area contributed by atoms with Crippen molar-refractivity contribution >= 4 is 52.0 Å². The molecule has 0 atom stereocenters. The molecular formula is C25H19ClN2O6S. The molecule has 0 radical (unpaired) electrons. The average Bonchev–Trinajstić information content (AvgIpc) is 3.12. The quantitative estimate of drug-likeness (QED) is 0.194. The molecule has 1 aliphatic rings. The van der Waals surface area contributed by atoms with Gasteiger partial charge in [-0.25, -0.2) is 4.90 Å². The lowest BCUT2D eigenvalue weighted by molar-refractivity contribution is -0.384. The van der Waals surface area contributed by atoms with Gasteiger partial charge in [0.1, 0.15) is 6.61 Å². The molecule has 1 fully saturated rings. The van der Waals surface area contributed by atoms with Gasteiger partial charge >= 0.3 is 0 Å². The molecule has 0 unspecified atom stereocenters. The Hall–Kier alpha value is -3.82.